The molecular weight excluding hydrogens is 260 g/mol. The molecule has 116 valence electrons. The molecule has 0 aromatic rings. The Labute approximate surface area is 120 Å². The molecule has 0 aromatic carbocycles. The second kappa shape index (κ2) is 8.55. The van der Waals surface area contributed by atoms with Crippen LogP contribution in [0.2, 0.25) is 0 Å². The fourth-order valence-electron chi connectivity index (χ4n) is 1.79. The van der Waals surface area contributed by atoms with Gasteiger partial charge in [-0.3, -0.25) is 9.59 Å². The van der Waals surface area contributed by atoms with Crippen LogP contribution < -0.4 is 10.6 Å². The molecule has 2 N–H and O–H groups in total. The van der Waals surface area contributed by atoms with E-state index in [2.05, 4.69) is 10.6 Å². The van der Waals surface area contributed by atoms with E-state index in [0.717, 1.165) is 6.42 Å². The van der Waals surface area contributed by atoms with Gasteiger partial charge in [0.2, 0.25) is 11.8 Å². The number of hydrogen-bond acceptors (Lipinski definition) is 4. The van der Waals surface area contributed by atoms with Crippen LogP contribution in [0.1, 0.15) is 41.0 Å². The van der Waals surface area contributed by atoms with E-state index >= 15 is 0 Å². The van der Waals surface area contributed by atoms with E-state index in [9.17, 15) is 14.4 Å². The van der Waals surface area contributed by atoms with Crippen LogP contribution in [0.15, 0.2) is 0 Å². The molecule has 0 aliphatic carbocycles. The van der Waals surface area contributed by atoms with Crippen LogP contribution in [-0.4, -0.2) is 37.0 Å². The normalized spacial score (nSPS) is 15.2. The second-order valence-corrected chi connectivity index (χ2v) is 5.32. The largest absolute Gasteiger partial charge is 0.467 e. The minimum absolute atomic E-state index is 0.0449. The molecule has 0 radical (unpaired) electrons. The third-order valence-electron chi connectivity index (χ3n) is 3.27. The molecule has 0 spiro atoms. The molecule has 0 saturated heterocycles. The van der Waals surface area contributed by atoms with Crippen molar-refractivity contribution in [3.05, 3.63) is 0 Å². The van der Waals surface area contributed by atoms with Crippen LogP contribution in [0.3, 0.4) is 0 Å². The molecule has 20 heavy (non-hydrogen) atoms. The van der Waals surface area contributed by atoms with Gasteiger partial charge in [0.25, 0.3) is 0 Å². The average Bonchev–Trinajstić information content (AvgIpc) is 2.39. The Morgan fingerprint density at radius 1 is 1.05 bits per heavy atom. The van der Waals surface area contributed by atoms with Crippen molar-refractivity contribution in [3.63, 3.8) is 0 Å². The second-order valence-electron chi connectivity index (χ2n) is 5.32. The number of esters is 1. The summed E-state index contributed by atoms with van der Waals surface area (Å²) in [6, 6.07) is -1.36. The van der Waals surface area contributed by atoms with Crippen molar-refractivity contribution in [3.8, 4) is 0 Å². The molecular formula is C14H26N2O4. The summed E-state index contributed by atoms with van der Waals surface area (Å²) in [5, 5.41) is 5.27. The summed E-state index contributed by atoms with van der Waals surface area (Å²) in [6.07, 6.45) is 0.729. The highest BCUT2D eigenvalue weighted by atomic mass is 16.5. The average molecular weight is 286 g/mol. The van der Waals surface area contributed by atoms with E-state index in [1.54, 1.807) is 0 Å². The van der Waals surface area contributed by atoms with Gasteiger partial charge in [-0.25, -0.2) is 4.79 Å². The minimum Gasteiger partial charge on any atom is -0.467 e. The molecule has 0 aliphatic rings. The highest BCUT2D eigenvalue weighted by Gasteiger charge is 2.31. The topological polar surface area (TPSA) is 84.5 Å². The van der Waals surface area contributed by atoms with Gasteiger partial charge in [-0.05, 0) is 11.8 Å². The highest BCUT2D eigenvalue weighted by molar-refractivity contribution is 5.90. The lowest BCUT2D eigenvalue weighted by Crippen LogP contribution is -2.55. The van der Waals surface area contributed by atoms with Crippen molar-refractivity contribution in [2.75, 3.05) is 7.11 Å². The molecule has 0 fully saturated rings. The summed E-state index contributed by atoms with van der Waals surface area (Å²) < 4.78 is 4.72. The summed E-state index contributed by atoms with van der Waals surface area (Å²) in [5.74, 6) is -1.24. The van der Waals surface area contributed by atoms with Crippen molar-refractivity contribution >= 4 is 17.8 Å². The van der Waals surface area contributed by atoms with E-state index in [1.807, 2.05) is 27.7 Å². The predicted molar refractivity (Wildman–Crippen MR) is 75.8 cm³/mol. The van der Waals surface area contributed by atoms with Gasteiger partial charge in [0.1, 0.15) is 12.1 Å². The van der Waals surface area contributed by atoms with Crippen molar-refractivity contribution in [1.82, 2.24) is 10.6 Å². The van der Waals surface area contributed by atoms with Gasteiger partial charge in [-0.15, -0.1) is 0 Å². The lowest BCUT2D eigenvalue weighted by Gasteiger charge is -2.26. The van der Waals surface area contributed by atoms with Crippen LogP contribution in [0, 0.1) is 11.8 Å². The first-order valence-electron chi connectivity index (χ1n) is 6.89. The van der Waals surface area contributed by atoms with Gasteiger partial charge >= 0.3 is 5.97 Å². The fraction of sp³-hybridized carbons (Fsp3) is 0.786. The van der Waals surface area contributed by atoms with E-state index < -0.39 is 18.1 Å². The minimum atomic E-state index is -0.701. The van der Waals surface area contributed by atoms with Crippen molar-refractivity contribution in [1.29, 1.82) is 0 Å². The molecule has 0 aliphatic heterocycles. The summed E-state index contributed by atoms with van der Waals surface area (Å²) in [7, 11) is 1.29. The summed E-state index contributed by atoms with van der Waals surface area (Å²) >= 11 is 0. The first-order valence-corrected chi connectivity index (χ1v) is 6.89. The number of rotatable bonds is 7. The molecule has 0 bridgehead atoms. The third kappa shape index (κ3) is 5.59. The van der Waals surface area contributed by atoms with Gasteiger partial charge < -0.3 is 15.4 Å². The Morgan fingerprint density at radius 2 is 1.60 bits per heavy atom. The SMILES string of the molecule is CC[C@@H](C)[C@H](NC(=O)[C@H](NC(C)=O)C(C)C)C(=O)OC. The molecule has 3 atom stereocenters. The van der Waals surface area contributed by atoms with Crippen molar-refractivity contribution in [2.45, 2.75) is 53.1 Å². The van der Waals surface area contributed by atoms with Gasteiger partial charge in [-0.2, -0.15) is 0 Å². The van der Waals surface area contributed by atoms with Gasteiger partial charge in [-0.1, -0.05) is 34.1 Å². The van der Waals surface area contributed by atoms with Gasteiger partial charge in [0.15, 0.2) is 0 Å². The fourth-order valence-corrected chi connectivity index (χ4v) is 1.79. The molecule has 0 saturated carbocycles. The Balaban J connectivity index is 4.95. The van der Waals surface area contributed by atoms with E-state index in [1.165, 1.54) is 14.0 Å². The first kappa shape index (κ1) is 18.4. The Morgan fingerprint density at radius 3 is 1.95 bits per heavy atom. The number of hydrogen-bond donors (Lipinski definition) is 2. The van der Waals surface area contributed by atoms with Crippen molar-refractivity contribution < 1.29 is 19.1 Å². The monoisotopic (exact) mass is 286 g/mol. The van der Waals surface area contributed by atoms with E-state index in [4.69, 9.17) is 4.74 Å². The number of ether oxygens (including phenoxy) is 1. The maximum absolute atomic E-state index is 12.2. The standard InChI is InChI=1S/C14H26N2O4/c1-7-9(4)12(14(19)20-6)16-13(18)11(8(2)3)15-10(5)17/h8-9,11-12H,7H2,1-6H3,(H,15,17)(H,16,18)/t9-,11-,12+/m1/s1. The maximum Gasteiger partial charge on any atom is 0.328 e. The quantitative estimate of drug-likeness (QED) is 0.680. The number of methoxy groups -OCH3 is 1. The van der Waals surface area contributed by atoms with Crippen LogP contribution in [0.5, 0.6) is 0 Å². The lowest BCUT2D eigenvalue weighted by atomic mass is 9.97. The van der Waals surface area contributed by atoms with Crippen LogP contribution in [0.25, 0.3) is 0 Å². The Hall–Kier alpha value is -1.59. The highest BCUT2D eigenvalue weighted by Crippen LogP contribution is 2.11. The Bertz CT molecular complexity index is 355. The number of carbonyl (C=O) groups excluding carboxylic acids is 3. The molecule has 0 rings (SSSR count). The molecule has 6 heteroatoms. The summed E-state index contributed by atoms with van der Waals surface area (Å²) in [6.45, 7) is 8.81. The molecule has 2 amide bonds. The molecule has 0 unspecified atom stereocenters. The number of carbonyl (C=O) groups is 3. The van der Waals surface area contributed by atoms with Gasteiger partial charge in [0.05, 0.1) is 7.11 Å². The van der Waals surface area contributed by atoms with E-state index in [0.29, 0.717) is 0 Å². The van der Waals surface area contributed by atoms with Crippen molar-refractivity contribution in [2.24, 2.45) is 11.8 Å². The zero-order chi connectivity index (χ0) is 15.9. The Kier molecular flexibility index (Phi) is 7.87. The van der Waals surface area contributed by atoms with E-state index in [-0.39, 0.29) is 23.7 Å². The predicted octanol–water partition coefficient (Wildman–Crippen LogP) is 0.851. The smallest absolute Gasteiger partial charge is 0.328 e. The number of amides is 2. The van der Waals surface area contributed by atoms with Gasteiger partial charge in [0, 0.05) is 6.92 Å². The third-order valence-corrected chi connectivity index (χ3v) is 3.27. The lowest BCUT2D eigenvalue weighted by molar-refractivity contribution is -0.147. The molecule has 0 heterocycles. The molecule has 0 aromatic heterocycles. The maximum atomic E-state index is 12.2. The van der Waals surface area contributed by atoms with Crippen LogP contribution in [0.4, 0.5) is 0 Å². The van der Waals surface area contributed by atoms with Crippen LogP contribution in [-0.2, 0) is 19.1 Å². The zero-order valence-electron chi connectivity index (χ0n) is 13.1. The molecule has 6 nitrogen and oxygen atoms in total. The van der Waals surface area contributed by atoms with Crippen LogP contribution >= 0.6 is 0 Å². The summed E-state index contributed by atoms with van der Waals surface area (Å²) in [4.78, 5) is 35.1. The number of nitrogens with one attached hydrogen (secondary N) is 2. The summed E-state index contributed by atoms with van der Waals surface area (Å²) in [5.41, 5.74) is 0. The zero-order valence-corrected chi connectivity index (χ0v) is 13.1. The first-order chi connectivity index (χ1) is 9.24.